The zero-order valence-corrected chi connectivity index (χ0v) is 18.0. The third kappa shape index (κ3) is 4.24. The maximum Gasteiger partial charge on any atom is 0.416 e. The van der Waals surface area contributed by atoms with Gasteiger partial charge in [0.05, 0.1) is 11.1 Å². The summed E-state index contributed by atoms with van der Waals surface area (Å²) in [5.74, 6) is 0.702. The molecule has 4 aromatic rings. The fourth-order valence-electron chi connectivity index (χ4n) is 3.57. The van der Waals surface area contributed by atoms with Crippen molar-refractivity contribution in [3.8, 4) is 0 Å². The Morgan fingerprint density at radius 3 is 2.78 bits per heavy atom. The van der Waals surface area contributed by atoms with E-state index in [2.05, 4.69) is 15.5 Å². The summed E-state index contributed by atoms with van der Waals surface area (Å²) in [5, 5.41) is 12.8. The summed E-state index contributed by atoms with van der Waals surface area (Å²) in [6.45, 7) is 2.50. The van der Waals surface area contributed by atoms with Gasteiger partial charge in [-0.2, -0.15) is 13.2 Å². The monoisotopic (exact) mass is 463 g/mol. The number of aryl methyl sites for hydroxylation is 2. The standard InChI is InChI=1S/C21H20F3N5O2S/c1-2-10-28-19(31)18-15(9-11-32-18)29-16(26-27-20(28)29)7-4-8-17(30)25-14-6-3-5-13(12-14)21(22,23)24/h3,5-6,9,11-12H,2,4,7-8,10H2,1H3,(H,25,30). The first-order valence-electron chi connectivity index (χ1n) is 10.1. The number of hydrogen-bond acceptors (Lipinski definition) is 5. The third-order valence-electron chi connectivity index (χ3n) is 5.00. The second-order valence-electron chi connectivity index (χ2n) is 7.32. The number of fused-ring (bicyclic) bond motifs is 3. The van der Waals surface area contributed by atoms with Gasteiger partial charge in [-0.05, 0) is 42.5 Å². The van der Waals surface area contributed by atoms with E-state index < -0.39 is 11.7 Å². The molecule has 0 unspecified atom stereocenters. The number of amides is 1. The van der Waals surface area contributed by atoms with E-state index in [1.165, 1.54) is 23.5 Å². The number of thiophene rings is 1. The third-order valence-corrected chi connectivity index (χ3v) is 5.90. The lowest BCUT2D eigenvalue weighted by molar-refractivity contribution is -0.137. The van der Waals surface area contributed by atoms with E-state index in [9.17, 15) is 22.8 Å². The lowest BCUT2D eigenvalue weighted by atomic mass is 10.2. The Morgan fingerprint density at radius 1 is 1.22 bits per heavy atom. The van der Waals surface area contributed by atoms with Gasteiger partial charge in [-0.25, -0.2) is 0 Å². The van der Waals surface area contributed by atoms with Crippen LogP contribution in [-0.2, 0) is 23.9 Å². The van der Waals surface area contributed by atoms with Crippen LogP contribution < -0.4 is 10.9 Å². The van der Waals surface area contributed by atoms with Crippen LogP contribution in [0.1, 0.15) is 37.6 Å². The Hall–Kier alpha value is -3.21. The Kier molecular flexibility index (Phi) is 6.00. The van der Waals surface area contributed by atoms with Crippen LogP contribution in [0.2, 0.25) is 0 Å². The molecule has 1 N–H and O–H groups in total. The number of alkyl halides is 3. The number of halogens is 3. The lowest BCUT2D eigenvalue weighted by Crippen LogP contribution is -2.22. The molecule has 7 nitrogen and oxygen atoms in total. The average Bonchev–Trinajstić information content (AvgIpc) is 3.38. The molecule has 4 rings (SSSR count). The summed E-state index contributed by atoms with van der Waals surface area (Å²) in [6.07, 6.45) is -2.76. The molecule has 0 atom stereocenters. The maximum atomic E-state index is 12.8. The summed E-state index contributed by atoms with van der Waals surface area (Å²) in [4.78, 5) is 25.0. The van der Waals surface area contributed by atoms with Gasteiger partial charge in [0.25, 0.3) is 5.56 Å². The maximum absolute atomic E-state index is 12.8. The molecule has 168 valence electrons. The van der Waals surface area contributed by atoms with Crippen molar-refractivity contribution in [1.29, 1.82) is 0 Å². The van der Waals surface area contributed by atoms with Gasteiger partial charge in [0.15, 0.2) is 0 Å². The second kappa shape index (κ2) is 8.73. The van der Waals surface area contributed by atoms with Crippen molar-refractivity contribution < 1.29 is 18.0 Å². The predicted octanol–water partition coefficient (Wildman–Crippen LogP) is 4.50. The van der Waals surface area contributed by atoms with Crippen LogP contribution in [0.15, 0.2) is 40.5 Å². The van der Waals surface area contributed by atoms with Crippen LogP contribution in [0.4, 0.5) is 18.9 Å². The van der Waals surface area contributed by atoms with Crippen LogP contribution in [-0.4, -0.2) is 25.1 Å². The highest BCUT2D eigenvalue weighted by Crippen LogP contribution is 2.30. The number of rotatable bonds is 7. The molecule has 3 heterocycles. The van der Waals surface area contributed by atoms with E-state index in [0.717, 1.165) is 24.1 Å². The fourth-order valence-corrected chi connectivity index (χ4v) is 4.40. The summed E-state index contributed by atoms with van der Waals surface area (Å²) >= 11 is 1.36. The molecule has 32 heavy (non-hydrogen) atoms. The summed E-state index contributed by atoms with van der Waals surface area (Å²) in [5.41, 5.74) is -0.0796. The van der Waals surface area contributed by atoms with Gasteiger partial charge in [0.1, 0.15) is 10.5 Å². The first kappa shape index (κ1) is 22.0. The van der Waals surface area contributed by atoms with Crippen molar-refractivity contribution >= 4 is 38.9 Å². The van der Waals surface area contributed by atoms with Gasteiger partial charge in [-0.3, -0.25) is 18.6 Å². The highest BCUT2D eigenvalue weighted by Gasteiger charge is 2.30. The van der Waals surface area contributed by atoms with E-state index in [1.54, 1.807) is 4.57 Å². The van der Waals surface area contributed by atoms with Crippen molar-refractivity contribution in [3.05, 3.63) is 57.5 Å². The number of anilines is 1. The van der Waals surface area contributed by atoms with Crippen molar-refractivity contribution in [2.24, 2.45) is 0 Å². The zero-order chi connectivity index (χ0) is 22.9. The summed E-state index contributed by atoms with van der Waals surface area (Å²) < 4.78 is 42.6. The molecular weight excluding hydrogens is 443 g/mol. The molecule has 0 saturated heterocycles. The molecule has 0 bridgehead atoms. The first-order chi connectivity index (χ1) is 15.3. The van der Waals surface area contributed by atoms with Crippen LogP contribution >= 0.6 is 11.3 Å². The molecule has 0 spiro atoms. The quantitative estimate of drug-likeness (QED) is 0.438. The smallest absolute Gasteiger partial charge is 0.326 e. The van der Waals surface area contributed by atoms with Gasteiger partial charge in [0.2, 0.25) is 11.7 Å². The molecule has 0 aliphatic rings. The molecule has 3 aromatic heterocycles. The van der Waals surface area contributed by atoms with Gasteiger partial charge >= 0.3 is 6.18 Å². The topological polar surface area (TPSA) is 81.3 Å². The Balaban J connectivity index is 1.48. The van der Waals surface area contributed by atoms with E-state index >= 15 is 0 Å². The Bertz CT molecular complexity index is 1340. The minimum Gasteiger partial charge on any atom is -0.326 e. The highest BCUT2D eigenvalue weighted by molar-refractivity contribution is 7.17. The number of carbonyl (C=O) groups excluding carboxylic acids is 1. The van der Waals surface area contributed by atoms with Crippen LogP contribution in [0.25, 0.3) is 16.0 Å². The number of carbonyl (C=O) groups is 1. The van der Waals surface area contributed by atoms with Gasteiger partial charge in [-0.1, -0.05) is 13.0 Å². The Labute approximate surface area is 184 Å². The highest BCUT2D eigenvalue weighted by atomic mass is 32.1. The number of nitrogens with zero attached hydrogens (tertiary/aromatic N) is 4. The van der Waals surface area contributed by atoms with E-state index in [4.69, 9.17) is 0 Å². The number of aromatic nitrogens is 4. The van der Waals surface area contributed by atoms with Crippen molar-refractivity contribution in [2.75, 3.05) is 5.32 Å². The molecule has 0 saturated carbocycles. The molecule has 1 amide bonds. The van der Waals surface area contributed by atoms with E-state index in [-0.39, 0.29) is 23.6 Å². The molecule has 0 radical (unpaired) electrons. The molecule has 1 aromatic carbocycles. The van der Waals surface area contributed by atoms with E-state index in [0.29, 0.717) is 35.7 Å². The second-order valence-corrected chi connectivity index (χ2v) is 8.24. The molecule has 11 heteroatoms. The normalized spacial score (nSPS) is 12.0. The molecule has 0 aliphatic carbocycles. The molecular formula is C21H20F3N5O2S. The fraction of sp³-hybridized carbons (Fsp3) is 0.333. The summed E-state index contributed by atoms with van der Waals surface area (Å²) in [7, 11) is 0. The average molecular weight is 463 g/mol. The van der Waals surface area contributed by atoms with Gasteiger partial charge in [0, 0.05) is 25.1 Å². The van der Waals surface area contributed by atoms with Crippen LogP contribution in [0.3, 0.4) is 0 Å². The van der Waals surface area contributed by atoms with Crippen LogP contribution in [0, 0.1) is 0 Å². The molecule has 0 aliphatic heterocycles. The minimum absolute atomic E-state index is 0.0937. The number of nitrogens with one attached hydrogen (secondary N) is 1. The number of benzene rings is 1. The van der Waals surface area contributed by atoms with Gasteiger partial charge < -0.3 is 5.32 Å². The largest absolute Gasteiger partial charge is 0.416 e. The SMILES string of the molecule is CCCn1c(=O)c2sccc2n2c(CCCC(=O)Nc3cccc(C(F)(F)F)c3)nnc12. The van der Waals surface area contributed by atoms with Crippen molar-refractivity contribution in [3.63, 3.8) is 0 Å². The predicted molar refractivity (Wildman–Crippen MR) is 116 cm³/mol. The first-order valence-corrected chi connectivity index (χ1v) is 11.0. The molecule has 0 fully saturated rings. The summed E-state index contributed by atoms with van der Waals surface area (Å²) in [6, 6.07) is 6.37. The number of hydrogen-bond donors (Lipinski definition) is 1. The lowest BCUT2D eigenvalue weighted by Gasteiger charge is -2.10. The minimum atomic E-state index is -4.47. The van der Waals surface area contributed by atoms with Crippen molar-refractivity contribution in [1.82, 2.24) is 19.2 Å². The van der Waals surface area contributed by atoms with Crippen molar-refractivity contribution in [2.45, 2.75) is 45.3 Å². The zero-order valence-electron chi connectivity index (χ0n) is 17.1. The van der Waals surface area contributed by atoms with Crippen LogP contribution in [0.5, 0.6) is 0 Å². The Morgan fingerprint density at radius 2 is 2.03 bits per heavy atom. The van der Waals surface area contributed by atoms with Gasteiger partial charge in [-0.15, -0.1) is 21.5 Å². The van der Waals surface area contributed by atoms with E-state index in [1.807, 2.05) is 22.8 Å².